The molecule has 6 heteroatoms. The first-order valence-electron chi connectivity index (χ1n) is 6.63. The predicted molar refractivity (Wildman–Crippen MR) is 76.1 cm³/mol. The topological polar surface area (TPSA) is 68.5 Å². The zero-order valence-corrected chi connectivity index (χ0v) is 12.2. The smallest absolute Gasteiger partial charge is 0.432 e. The van der Waals surface area contributed by atoms with Crippen molar-refractivity contribution >= 4 is 23.8 Å². The van der Waals surface area contributed by atoms with Crippen LogP contribution in [-0.4, -0.2) is 27.8 Å². The Hall–Kier alpha value is -1.59. The minimum Gasteiger partial charge on any atom is -0.432 e. The molecule has 0 aromatic heterocycles. The fraction of sp³-hybridized carbons (Fsp3) is 0.429. The van der Waals surface area contributed by atoms with Gasteiger partial charge in [0.05, 0.1) is 0 Å². The van der Waals surface area contributed by atoms with Gasteiger partial charge in [-0.05, 0) is 24.0 Å². The summed E-state index contributed by atoms with van der Waals surface area (Å²) in [6, 6.07) is 8.29. The third-order valence-corrected chi connectivity index (χ3v) is 3.26. The van der Waals surface area contributed by atoms with Crippen LogP contribution in [0, 0.1) is 0 Å². The number of carboxylic acid groups (broad SMARTS) is 1. The van der Waals surface area contributed by atoms with Gasteiger partial charge in [-0.15, -0.1) is 0 Å². The number of amides is 2. The van der Waals surface area contributed by atoms with Gasteiger partial charge in [-0.2, -0.15) is 4.79 Å². The van der Waals surface area contributed by atoms with Crippen LogP contribution in [0.1, 0.15) is 43.0 Å². The molecule has 1 radical (unpaired) electrons. The van der Waals surface area contributed by atoms with E-state index >= 15 is 0 Å². The summed E-state index contributed by atoms with van der Waals surface area (Å²) in [4.78, 5) is 23.2. The third kappa shape index (κ3) is 4.83. The van der Waals surface area contributed by atoms with Gasteiger partial charge in [0.25, 0.3) is 0 Å². The molecule has 0 aliphatic carbocycles. The molecule has 1 N–H and O–H groups in total. The lowest BCUT2D eigenvalue weighted by Crippen LogP contribution is -2.52. The van der Waals surface area contributed by atoms with Crippen molar-refractivity contribution in [1.82, 2.24) is 5.43 Å². The van der Waals surface area contributed by atoms with Crippen molar-refractivity contribution in [1.29, 1.82) is 0 Å². The van der Waals surface area contributed by atoms with Crippen molar-refractivity contribution in [2.24, 2.45) is 0 Å². The van der Waals surface area contributed by atoms with Crippen molar-refractivity contribution in [2.45, 2.75) is 32.6 Å². The van der Waals surface area contributed by atoms with Crippen molar-refractivity contribution < 1.29 is 18.8 Å². The third-order valence-electron chi connectivity index (χ3n) is 2.87. The summed E-state index contributed by atoms with van der Waals surface area (Å²) in [5, 5.41) is 9.18. The van der Waals surface area contributed by atoms with E-state index in [0.29, 0.717) is 12.0 Å². The largest absolute Gasteiger partial charge is 0.560 e. The number of rotatable bonds is 6. The van der Waals surface area contributed by atoms with Crippen molar-refractivity contribution in [2.75, 3.05) is 6.54 Å². The van der Waals surface area contributed by atoms with E-state index < -0.39 is 16.1 Å². The Bertz CT molecular complexity index is 453. The van der Waals surface area contributed by atoms with Gasteiger partial charge < -0.3 is 5.11 Å². The Morgan fingerprint density at radius 1 is 1.20 bits per heavy atom. The molecule has 0 saturated carbocycles. The zero-order valence-electron chi connectivity index (χ0n) is 11.5. The lowest BCUT2D eigenvalue weighted by molar-refractivity contribution is -0.781. The average Bonchev–Trinajstić information content (AvgIpc) is 2.44. The summed E-state index contributed by atoms with van der Waals surface area (Å²) < 4.78 is -1.14. The van der Waals surface area contributed by atoms with Gasteiger partial charge in [0, 0.05) is 16.1 Å². The summed E-state index contributed by atoms with van der Waals surface area (Å²) in [6.45, 7) is 2.15. The predicted octanol–water partition coefficient (Wildman–Crippen LogP) is 3.58. The highest BCUT2D eigenvalue weighted by Crippen LogP contribution is 2.15. The maximum atomic E-state index is 11.9. The van der Waals surface area contributed by atoms with Crippen LogP contribution >= 0.6 is 11.8 Å². The lowest BCUT2D eigenvalue weighted by atomic mass is 10.2. The van der Waals surface area contributed by atoms with Gasteiger partial charge in [0.1, 0.15) is 6.54 Å². The van der Waals surface area contributed by atoms with E-state index in [1.807, 2.05) is 0 Å². The van der Waals surface area contributed by atoms with Crippen LogP contribution in [0.5, 0.6) is 0 Å². The molecule has 109 valence electrons. The Labute approximate surface area is 123 Å². The van der Waals surface area contributed by atoms with Crippen LogP contribution in [0.25, 0.3) is 0 Å². The van der Waals surface area contributed by atoms with Gasteiger partial charge >= 0.3 is 12.0 Å². The maximum Gasteiger partial charge on any atom is 0.560 e. The quantitative estimate of drug-likeness (QED) is 0.496. The van der Waals surface area contributed by atoms with Crippen LogP contribution in [0.3, 0.4) is 0 Å². The molecule has 1 rings (SSSR count). The summed E-state index contributed by atoms with van der Waals surface area (Å²) in [6.07, 6.45) is 2.17. The number of carbonyl (C=O) groups is 2. The first-order valence-corrected chi connectivity index (χ1v) is 6.97. The number of quaternary nitrogens is 1. The number of benzene rings is 1. The maximum absolute atomic E-state index is 11.9. The monoisotopic (exact) mass is 298 g/mol. The molecule has 1 unspecified atom stereocenters. The molecule has 1 atom stereocenters. The van der Waals surface area contributed by atoms with Crippen molar-refractivity contribution in [3.8, 4) is 0 Å². The molecular weight excluding hydrogens is 280 g/mol. The first kappa shape index (κ1) is 16.5. The average molecular weight is 299 g/mol. The Morgan fingerprint density at radius 3 is 2.40 bits per heavy atom. The highest BCUT2D eigenvalue weighted by atomic mass is 35.5. The summed E-state index contributed by atoms with van der Waals surface area (Å²) >= 11 is 5.95. The highest BCUT2D eigenvalue weighted by molar-refractivity contribution is 6.12. The Morgan fingerprint density at radius 2 is 1.85 bits per heavy atom. The van der Waals surface area contributed by atoms with E-state index in [4.69, 9.17) is 11.8 Å². The number of halogens is 1. The van der Waals surface area contributed by atoms with Gasteiger partial charge in [0.15, 0.2) is 0 Å². The first-order chi connectivity index (χ1) is 9.49. The molecule has 5 nitrogen and oxygen atoms in total. The minimum atomic E-state index is -1.34. The van der Waals surface area contributed by atoms with Gasteiger partial charge in [-0.3, -0.25) is 4.79 Å². The van der Waals surface area contributed by atoms with Crippen molar-refractivity contribution in [3.63, 3.8) is 0 Å². The summed E-state index contributed by atoms with van der Waals surface area (Å²) in [7, 11) is 0. The van der Waals surface area contributed by atoms with Gasteiger partial charge in [-0.1, -0.05) is 38.0 Å². The van der Waals surface area contributed by atoms with E-state index in [1.165, 1.54) is 0 Å². The Kier molecular flexibility index (Phi) is 6.48. The lowest BCUT2D eigenvalue weighted by Gasteiger charge is -2.18. The fourth-order valence-corrected chi connectivity index (χ4v) is 1.91. The second-order valence-corrected chi connectivity index (χ2v) is 5.08. The van der Waals surface area contributed by atoms with E-state index in [0.717, 1.165) is 19.3 Å². The molecule has 0 spiro atoms. The molecule has 20 heavy (non-hydrogen) atoms. The van der Waals surface area contributed by atoms with E-state index in [9.17, 15) is 14.7 Å². The summed E-state index contributed by atoms with van der Waals surface area (Å²) in [5.74, 6) is -0.626. The van der Waals surface area contributed by atoms with Crippen molar-refractivity contribution in [3.05, 3.63) is 35.9 Å². The van der Waals surface area contributed by atoms with E-state index in [2.05, 4.69) is 12.3 Å². The van der Waals surface area contributed by atoms with Crippen LogP contribution in [0.4, 0.5) is 4.79 Å². The SMILES string of the molecule is CCCCCC[N+](Cl)([N]C(=O)c1ccccc1)C(=O)O. The summed E-state index contributed by atoms with van der Waals surface area (Å²) in [5.41, 5.74) is 3.96. The van der Waals surface area contributed by atoms with Crippen LogP contribution in [0.2, 0.25) is 0 Å². The molecule has 2 amide bonds. The second kappa shape index (κ2) is 7.87. The number of unbranched alkanes of at least 4 members (excludes halogenated alkanes) is 3. The van der Waals surface area contributed by atoms with Crippen LogP contribution in [-0.2, 0) is 0 Å². The molecule has 0 heterocycles. The number of hydrogen-bond donors (Lipinski definition) is 1. The minimum absolute atomic E-state index is 0.0927. The molecule has 0 bridgehead atoms. The number of nitrogens with zero attached hydrogens (tertiary/aromatic N) is 2. The van der Waals surface area contributed by atoms with E-state index in [1.54, 1.807) is 30.3 Å². The molecule has 1 aromatic rings. The second-order valence-electron chi connectivity index (χ2n) is 4.52. The molecule has 0 fully saturated rings. The molecule has 1 aromatic carbocycles. The molecule has 0 aliphatic rings. The molecular formula is C14H19ClN2O3+. The normalized spacial score (nSPS) is 13.5. The number of hydrogen-bond acceptors (Lipinski definition) is 2. The van der Waals surface area contributed by atoms with Gasteiger partial charge in [-0.25, -0.2) is 0 Å². The van der Waals surface area contributed by atoms with Gasteiger partial charge in [0.2, 0.25) is 11.8 Å². The zero-order chi connectivity index (χ0) is 15.0. The van der Waals surface area contributed by atoms with Crippen LogP contribution in [0.15, 0.2) is 30.3 Å². The highest BCUT2D eigenvalue weighted by Gasteiger charge is 2.41. The molecule has 0 saturated heterocycles. The standard InChI is InChI=1S/C14H19ClN2O3/c1-2-3-4-8-11-17(15,14(19)20)16-13(18)12-9-6-5-7-10-12/h5-7,9-10H,2-4,8,11H2,1H3,(H,19,20)/q+1. The van der Waals surface area contributed by atoms with E-state index in [-0.39, 0.29) is 6.54 Å². The van der Waals surface area contributed by atoms with Crippen LogP contribution < -0.4 is 5.43 Å². The number of carbonyl (C=O) groups excluding carboxylic acids is 1. The Balaban J connectivity index is 2.66. The molecule has 0 aliphatic heterocycles. The fourth-order valence-electron chi connectivity index (χ4n) is 1.72.